The zero-order valence-corrected chi connectivity index (χ0v) is 15.9. The number of rotatable bonds is 8. The van der Waals surface area contributed by atoms with Crippen LogP contribution in [-0.4, -0.2) is 69.4 Å². The van der Waals surface area contributed by atoms with Crippen molar-refractivity contribution in [1.29, 1.82) is 0 Å². The molecule has 1 N–H and O–H groups in total. The Kier molecular flexibility index (Phi) is 6.64. The van der Waals surface area contributed by atoms with Gasteiger partial charge in [-0.15, -0.1) is 5.10 Å². The number of nitrogens with zero attached hydrogens (tertiary/aromatic N) is 5. The Morgan fingerprint density at radius 3 is 2.67 bits per heavy atom. The predicted octanol–water partition coefficient (Wildman–Crippen LogP) is 0.561. The van der Waals surface area contributed by atoms with Crippen molar-refractivity contribution in [2.24, 2.45) is 0 Å². The molecule has 1 aromatic heterocycles. The average molecular weight is 390 g/mol. The fraction of sp³-hybridized carbons (Fsp3) is 0.471. The molecule has 0 unspecified atom stereocenters. The molecule has 0 atom stereocenters. The number of carbonyl (C=O) groups is 2. The smallest absolute Gasteiger partial charge is 0.241 e. The molecule has 1 aliphatic rings. The van der Waals surface area contributed by atoms with Crippen molar-refractivity contribution >= 4 is 23.6 Å². The molecule has 2 heterocycles. The average Bonchev–Trinajstić information content (AvgIpc) is 3.37. The fourth-order valence-electron chi connectivity index (χ4n) is 2.74. The van der Waals surface area contributed by atoms with Crippen LogP contribution in [0, 0.1) is 0 Å². The standard InChI is InChI=1S/C17H22N6O3S/c1-26-14-6-4-13(5-7-14)11-23-17(19-20-21-23)27-12-15(24)18-10-16(25)22-8-2-3-9-22/h4-7H,2-3,8-12H2,1H3,(H,18,24). The van der Waals surface area contributed by atoms with Crippen LogP contribution < -0.4 is 10.1 Å². The number of amides is 2. The third-order valence-electron chi connectivity index (χ3n) is 4.22. The normalized spacial score (nSPS) is 13.6. The van der Waals surface area contributed by atoms with Gasteiger partial charge in [0.15, 0.2) is 0 Å². The Bertz CT molecular complexity index is 773. The van der Waals surface area contributed by atoms with Gasteiger partial charge in [-0.3, -0.25) is 9.59 Å². The van der Waals surface area contributed by atoms with E-state index in [0.29, 0.717) is 11.7 Å². The molecule has 2 amide bonds. The lowest BCUT2D eigenvalue weighted by Gasteiger charge is -2.15. The summed E-state index contributed by atoms with van der Waals surface area (Å²) in [7, 11) is 1.62. The third-order valence-corrected chi connectivity index (χ3v) is 5.18. The van der Waals surface area contributed by atoms with Gasteiger partial charge in [-0.1, -0.05) is 23.9 Å². The molecule has 1 aliphatic heterocycles. The lowest BCUT2D eigenvalue weighted by Crippen LogP contribution is -2.39. The van der Waals surface area contributed by atoms with E-state index < -0.39 is 0 Å². The number of methoxy groups -OCH3 is 1. The molecule has 10 heteroatoms. The number of ether oxygens (including phenoxy) is 1. The van der Waals surface area contributed by atoms with Crippen LogP contribution in [0.4, 0.5) is 0 Å². The summed E-state index contributed by atoms with van der Waals surface area (Å²) in [5.41, 5.74) is 1.02. The first-order valence-electron chi connectivity index (χ1n) is 8.72. The van der Waals surface area contributed by atoms with E-state index in [2.05, 4.69) is 20.8 Å². The van der Waals surface area contributed by atoms with Crippen molar-refractivity contribution in [3.8, 4) is 5.75 Å². The van der Waals surface area contributed by atoms with Crippen LogP contribution in [-0.2, 0) is 16.1 Å². The van der Waals surface area contributed by atoms with Gasteiger partial charge in [0.25, 0.3) is 0 Å². The lowest BCUT2D eigenvalue weighted by molar-refractivity contribution is -0.131. The van der Waals surface area contributed by atoms with E-state index in [1.165, 1.54) is 11.8 Å². The van der Waals surface area contributed by atoms with Crippen LogP contribution in [0.2, 0.25) is 0 Å². The summed E-state index contributed by atoms with van der Waals surface area (Å²) in [6.45, 7) is 2.09. The zero-order chi connectivity index (χ0) is 19.1. The van der Waals surface area contributed by atoms with Crippen molar-refractivity contribution in [1.82, 2.24) is 30.4 Å². The first-order valence-corrected chi connectivity index (χ1v) is 9.70. The summed E-state index contributed by atoms with van der Waals surface area (Å²) in [5.74, 6) is 0.683. The summed E-state index contributed by atoms with van der Waals surface area (Å²) in [6.07, 6.45) is 2.07. The zero-order valence-electron chi connectivity index (χ0n) is 15.1. The van der Waals surface area contributed by atoms with Crippen LogP contribution in [0.25, 0.3) is 0 Å². The Hall–Kier alpha value is -2.62. The van der Waals surface area contributed by atoms with E-state index in [9.17, 15) is 9.59 Å². The molecule has 1 saturated heterocycles. The van der Waals surface area contributed by atoms with Crippen molar-refractivity contribution in [2.75, 3.05) is 32.5 Å². The molecule has 1 aromatic carbocycles. The molecule has 3 rings (SSSR count). The molecular formula is C17H22N6O3S. The third kappa shape index (κ3) is 5.43. The number of aromatic nitrogens is 4. The number of hydrogen-bond acceptors (Lipinski definition) is 7. The molecule has 0 radical (unpaired) electrons. The molecular weight excluding hydrogens is 368 g/mol. The minimum Gasteiger partial charge on any atom is -0.497 e. The van der Waals surface area contributed by atoms with Crippen molar-refractivity contribution in [2.45, 2.75) is 24.5 Å². The number of tetrazole rings is 1. The van der Waals surface area contributed by atoms with Crippen molar-refractivity contribution in [3.63, 3.8) is 0 Å². The molecule has 1 fully saturated rings. The minimum atomic E-state index is -0.216. The van der Waals surface area contributed by atoms with Crippen LogP contribution >= 0.6 is 11.8 Å². The Labute approximate surface area is 161 Å². The minimum absolute atomic E-state index is 0.0322. The first-order chi connectivity index (χ1) is 13.2. The predicted molar refractivity (Wildman–Crippen MR) is 99.5 cm³/mol. The second-order valence-corrected chi connectivity index (χ2v) is 7.06. The monoisotopic (exact) mass is 390 g/mol. The molecule has 2 aromatic rings. The van der Waals surface area contributed by atoms with Gasteiger partial charge in [0.1, 0.15) is 5.75 Å². The quantitative estimate of drug-likeness (QED) is 0.657. The van der Waals surface area contributed by atoms with E-state index >= 15 is 0 Å². The Balaban J connectivity index is 1.46. The Morgan fingerprint density at radius 2 is 1.96 bits per heavy atom. The molecule has 9 nitrogen and oxygen atoms in total. The van der Waals surface area contributed by atoms with E-state index in [1.54, 1.807) is 16.7 Å². The number of hydrogen-bond donors (Lipinski definition) is 1. The number of thioether (sulfide) groups is 1. The van der Waals surface area contributed by atoms with E-state index in [1.807, 2.05) is 24.3 Å². The second kappa shape index (κ2) is 9.36. The van der Waals surface area contributed by atoms with E-state index in [-0.39, 0.29) is 24.1 Å². The van der Waals surface area contributed by atoms with Crippen LogP contribution in [0.5, 0.6) is 5.75 Å². The van der Waals surface area contributed by atoms with E-state index in [0.717, 1.165) is 37.2 Å². The summed E-state index contributed by atoms with van der Waals surface area (Å²) in [5, 5.41) is 14.8. The topological polar surface area (TPSA) is 102 Å². The molecule has 0 saturated carbocycles. The highest BCUT2D eigenvalue weighted by molar-refractivity contribution is 7.99. The second-order valence-electron chi connectivity index (χ2n) is 6.12. The highest BCUT2D eigenvalue weighted by atomic mass is 32.2. The first kappa shape index (κ1) is 19.2. The van der Waals surface area contributed by atoms with Gasteiger partial charge >= 0.3 is 0 Å². The van der Waals surface area contributed by atoms with Crippen molar-refractivity contribution in [3.05, 3.63) is 29.8 Å². The Morgan fingerprint density at radius 1 is 1.22 bits per heavy atom. The van der Waals surface area contributed by atoms with Gasteiger partial charge in [-0.2, -0.15) is 0 Å². The molecule has 0 aliphatic carbocycles. The largest absolute Gasteiger partial charge is 0.497 e. The highest BCUT2D eigenvalue weighted by Gasteiger charge is 2.18. The highest BCUT2D eigenvalue weighted by Crippen LogP contribution is 2.16. The summed E-state index contributed by atoms with van der Waals surface area (Å²) >= 11 is 1.24. The van der Waals surface area contributed by atoms with Gasteiger partial charge in [0, 0.05) is 13.1 Å². The summed E-state index contributed by atoms with van der Waals surface area (Å²) in [4.78, 5) is 25.7. The van der Waals surface area contributed by atoms with Crippen molar-refractivity contribution < 1.29 is 14.3 Å². The van der Waals surface area contributed by atoms with Gasteiger partial charge < -0.3 is 15.0 Å². The molecule has 0 bridgehead atoms. The summed E-state index contributed by atoms with van der Waals surface area (Å²) in [6, 6.07) is 7.62. The van der Waals surface area contributed by atoms with Gasteiger partial charge in [-0.25, -0.2) is 4.68 Å². The molecule has 0 spiro atoms. The van der Waals surface area contributed by atoms with E-state index in [4.69, 9.17) is 4.74 Å². The fourth-order valence-corrected chi connectivity index (χ4v) is 3.44. The molecule has 144 valence electrons. The summed E-state index contributed by atoms with van der Waals surface area (Å²) < 4.78 is 6.78. The number of likely N-dealkylation sites (tertiary alicyclic amines) is 1. The number of carbonyl (C=O) groups excluding carboxylic acids is 2. The maximum atomic E-state index is 12.0. The maximum Gasteiger partial charge on any atom is 0.241 e. The van der Waals surface area contributed by atoms with Crippen LogP contribution in [0.3, 0.4) is 0 Å². The lowest BCUT2D eigenvalue weighted by atomic mass is 10.2. The van der Waals surface area contributed by atoms with Gasteiger partial charge in [-0.05, 0) is 41.0 Å². The van der Waals surface area contributed by atoms with Crippen LogP contribution in [0.1, 0.15) is 18.4 Å². The number of nitrogens with one attached hydrogen (secondary N) is 1. The number of benzene rings is 1. The van der Waals surface area contributed by atoms with Crippen LogP contribution in [0.15, 0.2) is 29.4 Å². The van der Waals surface area contributed by atoms with Gasteiger partial charge in [0.2, 0.25) is 17.0 Å². The SMILES string of the molecule is COc1ccc(Cn2nnnc2SCC(=O)NCC(=O)N2CCCC2)cc1. The van der Waals surface area contributed by atoms with Gasteiger partial charge in [0.05, 0.1) is 26.0 Å². The maximum absolute atomic E-state index is 12.0. The molecule has 27 heavy (non-hydrogen) atoms.